The number of benzene rings is 1. The summed E-state index contributed by atoms with van der Waals surface area (Å²) >= 11 is 6.13. The Morgan fingerprint density at radius 1 is 0.941 bits per heavy atom. The highest BCUT2D eigenvalue weighted by Gasteiger charge is 2.32. The van der Waals surface area contributed by atoms with Crippen molar-refractivity contribution in [3.05, 3.63) is 22.7 Å². The number of methoxy groups -OCH3 is 2. The van der Waals surface area contributed by atoms with Crippen LogP contribution in [0.3, 0.4) is 0 Å². The third-order valence-electron chi connectivity index (χ3n) is 8.45. The van der Waals surface area contributed by atoms with Gasteiger partial charge >= 0.3 is 0 Å². The summed E-state index contributed by atoms with van der Waals surface area (Å²) in [6.07, 6.45) is -3.15. The maximum Gasteiger partial charge on any atom is 0.255 e. The number of anilines is 1. The lowest BCUT2D eigenvalue weighted by Gasteiger charge is -2.38. The van der Waals surface area contributed by atoms with Crippen LogP contribution in [0.1, 0.15) is 48.9 Å². The lowest BCUT2D eigenvalue weighted by molar-refractivity contribution is -0.127. The Morgan fingerprint density at radius 2 is 1.63 bits per heavy atom. The molecule has 1 aliphatic heterocycles. The van der Waals surface area contributed by atoms with Crippen LogP contribution in [-0.2, 0) is 23.8 Å². The van der Waals surface area contributed by atoms with E-state index >= 15 is 0 Å². The number of nitrogens with one attached hydrogen (secondary N) is 3. The van der Waals surface area contributed by atoms with Crippen LogP contribution in [0.15, 0.2) is 12.1 Å². The summed E-state index contributed by atoms with van der Waals surface area (Å²) in [7, 11) is 3.10. The molecule has 51 heavy (non-hydrogen) atoms. The van der Waals surface area contributed by atoms with E-state index < -0.39 is 36.9 Å². The van der Waals surface area contributed by atoms with Crippen LogP contribution < -0.4 is 26.4 Å². The molecule has 0 unspecified atom stereocenters. The van der Waals surface area contributed by atoms with E-state index in [4.69, 9.17) is 41.4 Å². The van der Waals surface area contributed by atoms with Crippen LogP contribution in [0.2, 0.25) is 5.02 Å². The number of halogens is 1. The van der Waals surface area contributed by atoms with E-state index in [9.17, 15) is 34.8 Å². The third-order valence-corrected chi connectivity index (χ3v) is 8.78. The van der Waals surface area contributed by atoms with Crippen LogP contribution in [0.25, 0.3) is 0 Å². The first kappa shape index (κ1) is 44.3. The van der Waals surface area contributed by atoms with Gasteiger partial charge in [0.15, 0.2) is 0 Å². The average molecular weight is 750 g/mol. The van der Waals surface area contributed by atoms with Crippen LogP contribution >= 0.6 is 11.6 Å². The molecule has 6 atom stereocenters. The average Bonchev–Trinajstić information content (AvgIpc) is 3.13. The van der Waals surface area contributed by atoms with Gasteiger partial charge in [0.1, 0.15) is 24.1 Å². The SMILES string of the molecule is COc1cc(N)c(Cl)cc1C(=O)N[C@@H]1CCN(CCCCCC(=O)NCCOCCOCCC(=O)NC[C@H](O)[C@@H](O)[C@H](O)[C@H](O)CO)C[C@@H]1OC. The fourth-order valence-electron chi connectivity index (χ4n) is 5.38. The monoisotopic (exact) mass is 749 g/mol. The van der Waals surface area contributed by atoms with Gasteiger partial charge in [0.2, 0.25) is 11.8 Å². The number of carbonyl (C=O) groups is 3. The fraction of sp³-hybridized carbons (Fsp3) is 0.727. The van der Waals surface area contributed by atoms with Crippen molar-refractivity contribution in [1.82, 2.24) is 20.9 Å². The van der Waals surface area contributed by atoms with Crippen LogP contribution in [-0.4, -0.2) is 165 Å². The fourth-order valence-corrected chi connectivity index (χ4v) is 5.54. The summed E-state index contributed by atoms with van der Waals surface area (Å²) in [5.41, 5.74) is 6.48. The molecule has 10 N–H and O–H groups in total. The van der Waals surface area contributed by atoms with Crippen molar-refractivity contribution in [3.8, 4) is 5.75 Å². The minimum Gasteiger partial charge on any atom is -0.496 e. The van der Waals surface area contributed by atoms with Gasteiger partial charge < -0.3 is 71.1 Å². The standard InChI is InChI=1S/C33H56ClN5O12/c1-48-27-17-23(35)22(34)16-21(27)33(47)38-24-7-11-39(19-28(24)49-2)10-5-3-4-6-29(43)36-9-13-51-15-14-50-12-8-30(44)37-18-25(41)31(45)32(46)26(42)20-40/h16-17,24-26,28,31-32,40-42,45-46H,3-15,18-20,35H2,1-2H3,(H,36,43)(H,37,44)(H,38,47)/t24-,25+,26-,28+,31-,32-/m1/s1. The zero-order valence-electron chi connectivity index (χ0n) is 29.4. The second-order valence-electron chi connectivity index (χ2n) is 12.3. The number of nitrogens with zero attached hydrogens (tertiary/aromatic N) is 1. The largest absolute Gasteiger partial charge is 0.496 e. The van der Waals surface area contributed by atoms with Gasteiger partial charge in [-0.3, -0.25) is 14.4 Å². The number of aliphatic hydroxyl groups is 5. The summed E-state index contributed by atoms with van der Waals surface area (Å²) in [6.45, 7) is 2.46. The maximum atomic E-state index is 13.0. The van der Waals surface area contributed by atoms with Gasteiger partial charge in [-0.25, -0.2) is 0 Å². The number of rotatable bonds is 25. The minimum atomic E-state index is -1.76. The molecule has 1 fully saturated rings. The molecule has 18 heteroatoms. The Bertz CT molecular complexity index is 1200. The highest BCUT2D eigenvalue weighted by Crippen LogP contribution is 2.29. The van der Waals surface area contributed by atoms with Gasteiger partial charge in [-0.05, 0) is 31.9 Å². The Morgan fingerprint density at radius 3 is 2.31 bits per heavy atom. The van der Waals surface area contributed by atoms with Crippen LogP contribution in [0.4, 0.5) is 5.69 Å². The summed E-state index contributed by atoms with van der Waals surface area (Å²) in [5, 5.41) is 55.8. The third kappa shape index (κ3) is 16.2. The smallest absolute Gasteiger partial charge is 0.255 e. The topological polar surface area (TPSA) is 255 Å². The number of hydrogen-bond acceptors (Lipinski definition) is 14. The molecule has 0 aliphatic carbocycles. The van der Waals surface area contributed by atoms with E-state index in [1.165, 1.54) is 19.2 Å². The quantitative estimate of drug-likeness (QED) is 0.0404. The highest BCUT2D eigenvalue weighted by atomic mass is 35.5. The maximum absolute atomic E-state index is 13.0. The number of carbonyl (C=O) groups excluding carboxylic acids is 3. The predicted molar refractivity (Wildman–Crippen MR) is 187 cm³/mol. The van der Waals surface area contributed by atoms with E-state index in [1.54, 1.807) is 7.11 Å². The van der Waals surface area contributed by atoms with Crippen molar-refractivity contribution < 1.29 is 58.9 Å². The van der Waals surface area contributed by atoms with E-state index in [-0.39, 0.29) is 61.8 Å². The molecule has 292 valence electrons. The summed E-state index contributed by atoms with van der Waals surface area (Å²) < 4.78 is 21.8. The number of piperidine rings is 1. The van der Waals surface area contributed by atoms with Crippen molar-refractivity contribution >= 4 is 35.0 Å². The van der Waals surface area contributed by atoms with E-state index in [2.05, 4.69) is 20.9 Å². The van der Waals surface area contributed by atoms with Crippen LogP contribution in [0.5, 0.6) is 5.75 Å². The number of ether oxygens (including phenoxy) is 4. The molecule has 0 saturated carbocycles. The molecule has 17 nitrogen and oxygen atoms in total. The molecule has 0 aromatic heterocycles. The van der Waals surface area contributed by atoms with Crippen molar-refractivity contribution in [1.29, 1.82) is 0 Å². The molecule has 1 heterocycles. The minimum absolute atomic E-state index is 0.00872. The first-order valence-corrected chi connectivity index (χ1v) is 17.5. The molecule has 1 saturated heterocycles. The van der Waals surface area contributed by atoms with Crippen molar-refractivity contribution in [3.63, 3.8) is 0 Å². The zero-order valence-corrected chi connectivity index (χ0v) is 30.2. The molecular formula is C33H56ClN5O12. The Balaban J connectivity index is 1.47. The summed E-state index contributed by atoms with van der Waals surface area (Å²) in [6, 6.07) is 2.86. The van der Waals surface area contributed by atoms with Crippen LogP contribution in [0, 0.1) is 0 Å². The van der Waals surface area contributed by atoms with Gasteiger partial charge in [-0.1, -0.05) is 18.0 Å². The van der Waals surface area contributed by atoms with Crippen molar-refractivity contribution in [2.75, 3.05) is 85.7 Å². The molecule has 3 amide bonds. The second kappa shape index (κ2) is 24.4. The van der Waals surface area contributed by atoms with Gasteiger partial charge in [-0.2, -0.15) is 0 Å². The lowest BCUT2D eigenvalue weighted by atomic mass is 10.00. The van der Waals surface area contributed by atoms with Crippen molar-refractivity contribution in [2.45, 2.75) is 75.1 Å². The Kier molecular flexibility index (Phi) is 21.2. The Hall–Kier alpha value is -2.84. The number of unbranched alkanes of at least 4 members (excludes halogenated alkanes) is 2. The normalized spacial score (nSPS) is 18.7. The number of nitrogens with two attached hydrogens (primary N) is 1. The molecule has 0 radical (unpaired) electrons. The second-order valence-corrected chi connectivity index (χ2v) is 12.7. The van der Waals surface area contributed by atoms with Gasteiger partial charge in [-0.15, -0.1) is 0 Å². The summed E-state index contributed by atoms with van der Waals surface area (Å²) in [5.74, 6) is -0.455. The first-order chi connectivity index (χ1) is 24.4. The number of nitrogen functional groups attached to an aromatic ring is 1. The molecule has 1 aromatic carbocycles. The number of hydrogen-bond donors (Lipinski definition) is 9. The molecule has 1 aliphatic rings. The molecule has 0 bridgehead atoms. The zero-order chi connectivity index (χ0) is 37.8. The predicted octanol–water partition coefficient (Wildman–Crippen LogP) is -1.60. The number of aliphatic hydroxyl groups excluding tert-OH is 5. The van der Waals surface area contributed by atoms with E-state index in [0.29, 0.717) is 43.1 Å². The molecule has 1 aromatic rings. The number of amides is 3. The summed E-state index contributed by atoms with van der Waals surface area (Å²) in [4.78, 5) is 39.3. The van der Waals surface area contributed by atoms with Gasteiger partial charge in [0.25, 0.3) is 5.91 Å². The first-order valence-electron chi connectivity index (χ1n) is 17.1. The molecule has 2 rings (SSSR count). The van der Waals surface area contributed by atoms with E-state index in [1.807, 2.05) is 0 Å². The van der Waals surface area contributed by atoms with Gasteiger partial charge in [0.05, 0.1) is 74.7 Å². The van der Waals surface area contributed by atoms with E-state index in [0.717, 1.165) is 38.8 Å². The highest BCUT2D eigenvalue weighted by molar-refractivity contribution is 6.33. The Labute approximate surface area is 303 Å². The number of likely N-dealkylation sites (tertiary alicyclic amines) is 1. The van der Waals surface area contributed by atoms with Crippen molar-refractivity contribution in [2.24, 2.45) is 0 Å². The van der Waals surface area contributed by atoms with Gasteiger partial charge in [0, 0.05) is 52.2 Å². The molecular weight excluding hydrogens is 694 g/mol. The molecule has 0 spiro atoms. The lowest BCUT2D eigenvalue weighted by Crippen LogP contribution is -2.54.